The SMILES string of the molecule is C=C1c2ccc3c(c2OC2COc4cc(CO)c(CO)cc4C12)C=CC(C)(C)O3. The summed E-state index contributed by atoms with van der Waals surface area (Å²) in [7, 11) is 0. The normalized spacial score (nSPS) is 23.0. The molecule has 0 bridgehead atoms. The van der Waals surface area contributed by atoms with E-state index in [1.807, 2.05) is 44.2 Å². The summed E-state index contributed by atoms with van der Waals surface area (Å²) in [6.07, 6.45) is 3.87. The largest absolute Gasteiger partial charge is 0.489 e. The van der Waals surface area contributed by atoms with Crippen molar-refractivity contribution in [1.29, 1.82) is 0 Å². The fourth-order valence-electron chi connectivity index (χ4n) is 4.46. The second-order valence-electron chi connectivity index (χ2n) is 8.34. The predicted octanol–water partition coefficient (Wildman–Crippen LogP) is 3.81. The quantitative estimate of drug-likeness (QED) is 0.814. The van der Waals surface area contributed by atoms with Crippen LogP contribution >= 0.6 is 0 Å². The van der Waals surface area contributed by atoms with Gasteiger partial charge in [0.2, 0.25) is 0 Å². The van der Waals surface area contributed by atoms with Crippen LogP contribution < -0.4 is 14.2 Å². The number of fused-ring (bicyclic) bond motifs is 6. The second-order valence-corrected chi connectivity index (χ2v) is 8.34. The van der Waals surface area contributed by atoms with Gasteiger partial charge in [-0.15, -0.1) is 0 Å². The molecule has 5 rings (SSSR count). The molecule has 5 nitrogen and oxygen atoms in total. The molecule has 0 saturated carbocycles. The van der Waals surface area contributed by atoms with Gasteiger partial charge in [-0.3, -0.25) is 0 Å². The van der Waals surface area contributed by atoms with E-state index in [1.165, 1.54) is 0 Å². The van der Waals surface area contributed by atoms with Crippen LogP contribution in [0.2, 0.25) is 0 Å². The minimum Gasteiger partial charge on any atom is -0.489 e. The van der Waals surface area contributed by atoms with E-state index in [-0.39, 0.29) is 30.8 Å². The first-order valence-corrected chi connectivity index (χ1v) is 9.83. The van der Waals surface area contributed by atoms with Gasteiger partial charge in [-0.05, 0) is 67.0 Å². The van der Waals surface area contributed by atoms with E-state index in [2.05, 4.69) is 12.7 Å². The van der Waals surface area contributed by atoms with E-state index in [0.717, 1.165) is 33.8 Å². The first kappa shape index (κ1) is 18.3. The molecule has 0 spiro atoms. The maximum absolute atomic E-state index is 9.72. The zero-order chi connectivity index (χ0) is 20.3. The molecule has 0 radical (unpaired) electrons. The monoisotopic (exact) mass is 392 g/mol. The average Bonchev–Trinajstić information content (AvgIpc) is 2.71. The Bertz CT molecular complexity index is 1050. The van der Waals surface area contributed by atoms with Crippen molar-refractivity contribution >= 4 is 11.6 Å². The van der Waals surface area contributed by atoms with Crippen LogP contribution in [0.25, 0.3) is 11.6 Å². The maximum atomic E-state index is 9.72. The number of hydrogen-bond donors (Lipinski definition) is 2. The summed E-state index contributed by atoms with van der Waals surface area (Å²) < 4.78 is 18.5. The van der Waals surface area contributed by atoms with Gasteiger partial charge in [-0.25, -0.2) is 0 Å². The highest BCUT2D eigenvalue weighted by Gasteiger charge is 2.41. The number of hydrogen-bond acceptors (Lipinski definition) is 5. The van der Waals surface area contributed by atoms with E-state index < -0.39 is 0 Å². The Kier molecular flexibility index (Phi) is 4.02. The topological polar surface area (TPSA) is 68.2 Å². The summed E-state index contributed by atoms with van der Waals surface area (Å²) in [4.78, 5) is 0. The number of rotatable bonds is 2. The van der Waals surface area contributed by atoms with Crippen molar-refractivity contribution < 1.29 is 24.4 Å². The molecule has 3 heterocycles. The molecule has 2 unspecified atom stereocenters. The van der Waals surface area contributed by atoms with Crippen molar-refractivity contribution in [2.75, 3.05) is 6.61 Å². The van der Waals surface area contributed by atoms with Crippen molar-refractivity contribution in [3.05, 3.63) is 64.7 Å². The van der Waals surface area contributed by atoms with Gasteiger partial charge in [0.15, 0.2) is 0 Å². The smallest absolute Gasteiger partial charge is 0.144 e. The van der Waals surface area contributed by atoms with Crippen LogP contribution in [0.15, 0.2) is 36.9 Å². The molecule has 2 atom stereocenters. The van der Waals surface area contributed by atoms with Gasteiger partial charge in [0, 0.05) is 11.1 Å². The van der Waals surface area contributed by atoms with Crippen molar-refractivity contribution in [2.45, 2.75) is 44.7 Å². The minimum absolute atomic E-state index is 0.0766. The number of benzene rings is 2. The summed E-state index contributed by atoms with van der Waals surface area (Å²) in [5.74, 6) is 2.22. The third kappa shape index (κ3) is 2.76. The molecular weight excluding hydrogens is 368 g/mol. The number of aliphatic hydroxyl groups is 2. The molecule has 29 heavy (non-hydrogen) atoms. The molecule has 2 N–H and O–H groups in total. The summed E-state index contributed by atoms with van der Waals surface area (Å²) in [6, 6.07) is 7.70. The Balaban J connectivity index is 1.61. The first-order valence-electron chi connectivity index (χ1n) is 9.83. The third-order valence-electron chi connectivity index (χ3n) is 5.95. The summed E-state index contributed by atoms with van der Waals surface area (Å²) >= 11 is 0. The minimum atomic E-state index is -0.354. The van der Waals surface area contributed by atoms with Crippen LogP contribution in [0.4, 0.5) is 0 Å². The highest BCUT2D eigenvalue weighted by Crippen LogP contribution is 2.52. The Hall–Kier alpha value is -2.76. The summed E-state index contributed by atoms with van der Waals surface area (Å²) in [6.45, 7) is 8.55. The lowest BCUT2D eigenvalue weighted by Crippen LogP contribution is -2.39. The molecule has 3 aliphatic rings. The number of ether oxygens (including phenoxy) is 3. The average molecular weight is 392 g/mol. The van der Waals surface area contributed by atoms with Crippen LogP contribution in [-0.4, -0.2) is 28.5 Å². The van der Waals surface area contributed by atoms with E-state index in [9.17, 15) is 10.2 Å². The van der Waals surface area contributed by atoms with Crippen molar-refractivity contribution in [3.63, 3.8) is 0 Å². The predicted molar refractivity (Wildman–Crippen MR) is 110 cm³/mol. The Morgan fingerprint density at radius 3 is 2.62 bits per heavy atom. The van der Waals surface area contributed by atoms with Crippen molar-refractivity contribution in [1.82, 2.24) is 0 Å². The maximum Gasteiger partial charge on any atom is 0.144 e. The van der Waals surface area contributed by atoms with Gasteiger partial charge >= 0.3 is 0 Å². The zero-order valence-electron chi connectivity index (χ0n) is 16.6. The molecule has 0 aliphatic carbocycles. The molecule has 0 amide bonds. The van der Waals surface area contributed by atoms with Crippen LogP contribution in [0, 0.1) is 0 Å². The molecule has 5 heteroatoms. The third-order valence-corrected chi connectivity index (χ3v) is 5.95. The molecular formula is C24H24O5. The van der Waals surface area contributed by atoms with Gasteiger partial charge in [-0.2, -0.15) is 0 Å². The highest BCUT2D eigenvalue weighted by atomic mass is 16.5. The lowest BCUT2D eigenvalue weighted by Gasteiger charge is -2.41. The Morgan fingerprint density at radius 1 is 1.10 bits per heavy atom. The van der Waals surface area contributed by atoms with Gasteiger partial charge in [0.25, 0.3) is 0 Å². The summed E-state index contributed by atoms with van der Waals surface area (Å²) in [5.41, 5.74) is 4.80. The van der Waals surface area contributed by atoms with E-state index in [1.54, 1.807) is 0 Å². The highest BCUT2D eigenvalue weighted by molar-refractivity contribution is 5.83. The fourth-order valence-corrected chi connectivity index (χ4v) is 4.46. The van der Waals surface area contributed by atoms with Crippen molar-refractivity contribution in [3.8, 4) is 17.2 Å². The molecule has 0 aromatic heterocycles. The van der Waals surface area contributed by atoms with Gasteiger partial charge in [0.1, 0.15) is 35.6 Å². The van der Waals surface area contributed by atoms with Gasteiger partial charge in [-0.1, -0.05) is 6.58 Å². The van der Waals surface area contributed by atoms with Crippen molar-refractivity contribution in [2.24, 2.45) is 0 Å². The molecule has 0 saturated heterocycles. The Morgan fingerprint density at radius 2 is 1.86 bits per heavy atom. The molecule has 3 aliphatic heterocycles. The first-order chi connectivity index (χ1) is 13.9. The van der Waals surface area contributed by atoms with Crippen LogP contribution in [0.3, 0.4) is 0 Å². The van der Waals surface area contributed by atoms with E-state index in [4.69, 9.17) is 14.2 Å². The fraction of sp³-hybridized carbons (Fsp3) is 0.333. The number of aliphatic hydroxyl groups excluding tert-OH is 2. The second kappa shape index (κ2) is 6.37. The standard InChI is InChI=1S/C24H24O5/c1-13-16-4-5-19-17(6-7-24(2,3)29-19)23(16)28-21-12-27-20-9-15(11-26)14(10-25)8-18(20)22(13)21/h4-9,21-22,25-26H,1,10-12H2,2-3H3. The van der Waals surface area contributed by atoms with E-state index in [0.29, 0.717) is 23.5 Å². The summed E-state index contributed by atoms with van der Waals surface area (Å²) in [5, 5.41) is 19.3. The van der Waals surface area contributed by atoms with Crippen LogP contribution in [0.1, 0.15) is 47.6 Å². The van der Waals surface area contributed by atoms with Crippen LogP contribution in [-0.2, 0) is 13.2 Å². The Labute approximate surface area is 169 Å². The van der Waals surface area contributed by atoms with Gasteiger partial charge in [0.05, 0.1) is 24.7 Å². The lowest BCUT2D eigenvalue weighted by molar-refractivity contribution is 0.0933. The van der Waals surface area contributed by atoms with E-state index >= 15 is 0 Å². The molecule has 2 aromatic carbocycles. The van der Waals surface area contributed by atoms with Crippen LogP contribution in [0.5, 0.6) is 17.2 Å². The molecule has 2 aromatic rings. The molecule has 150 valence electrons. The molecule has 0 fully saturated rings. The van der Waals surface area contributed by atoms with Gasteiger partial charge < -0.3 is 24.4 Å². The zero-order valence-corrected chi connectivity index (χ0v) is 16.6. The lowest BCUT2D eigenvalue weighted by atomic mass is 9.78.